The van der Waals surface area contributed by atoms with E-state index in [1.165, 1.54) is 23.1 Å². The highest BCUT2D eigenvalue weighted by Gasteiger charge is 2.13. The lowest BCUT2D eigenvalue weighted by Gasteiger charge is -2.02. The third-order valence-electron chi connectivity index (χ3n) is 3.11. The summed E-state index contributed by atoms with van der Waals surface area (Å²) in [5.74, 6) is 0.261. The number of carbonyl (C=O) groups is 1. The molecule has 0 saturated carbocycles. The maximum Gasteiger partial charge on any atom is 0.174 e. The second-order valence-electron chi connectivity index (χ2n) is 4.70. The Morgan fingerprint density at radius 2 is 1.91 bits per heavy atom. The summed E-state index contributed by atoms with van der Waals surface area (Å²) in [5.41, 5.74) is 2.49. The van der Waals surface area contributed by atoms with E-state index in [2.05, 4.69) is 4.98 Å². The molecule has 0 spiro atoms. The number of thioether (sulfide) groups is 1. The van der Waals surface area contributed by atoms with Gasteiger partial charge in [-0.05, 0) is 18.2 Å². The number of benzene rings is 2. The molecular weight excluding hydrogens is 369 g/mol. The standard InChI is InChI=1S/C17H11Cl2NOS2/c18-12-6-7-13(14(19)8-12)16(21)10-23-17-20-15(9-22-17)11-4-2-1-3-5-11/h1-9H,10H2. The Morgan fingerprint density at radius 1 is 1.13 bits per heavy atom. The highest BCUT2D eigenvalue weighted by atomic mass is 35.5. The average Bonchev–Trinajstić information content (AvgIpc) is 3.02. The van der Waals surface area contributed by atoms with Crippen LogP contribution in [0.2, 0.25) is 10.0 Å². The number of rotatable bonds is 5. The first-order valence-corrected chi connectivity index (χ1v) is 9.37. The third-order valence-corrected chi connectivity index (χ3v) is 5.68. The second-order valence-corrected chi connectivity index (χ2v) is 7.62. The number of hydrogen-bond acceptors (Lipinski definition) is 4. The van der Waals surface area contributed by atoms with Crippen LogP contribution >= 0.6 is 46.3 Å². The van der Waals surface area contributed by atoms with Crippen LogP contribution in [0.25, 0.3) is 11.3 Å². The van der Waals surface area contributed by atoms with Gasteiger partial charge in [-0.3, -0.25) is 4.79 Å². The molecule has 23 heavy (non-hydrogen) atoms. The van der Waals surface area contributed by atoms with Crippen LogP contribution in [-0.2, 0) is 0 Å². The molecule has 0 radical (unpaired) electrons. The Kier molecular flexibility index (Phi) is 5.38. The first-order chi connectivity index (χ1) is 11.1. The lowest BCUT2D eigenvalue weighted by molar-refractivity contribution is 0.102. The zero-order chi connectivity index (χ0) is 16.2. The smallest absolute Gasteiger partial charge is 0.174 e. The molecule has 0 amide bonds. The summed E-state index contributed by atoms with van der Waals surface area (Å²) in [6.07, 6.45) is 0. The van der Waals surface area contributed by atoms with Crippen LogP contribution in [0.15, 0.2) is 58.3 Å². The zero-order valence-electron chi connectivity index (χ0n) is 11.8. The van der Waals surface area contributed by atoms with E-state index in [0.717, 1.165) is 15.6 Å². The number of thiazole rings is 1. The molecule has 0 aliphatic carbocycles. The minimum Gasteiger partial charge on any atom is -0.293 e. The minimum absolute atomic E-state index is 0.0341. The number of Topliss-reactive ketones (excluding diaryl/α,β-unsaturated/α-hetero) is 1. The molecule has 2 nitrogen and oxygen atoms in total. The Morgan fingerprint density at radius 3 is 2.65 bits per heavy atom. The molecule has 0 bridgehead atoms. The number of carbonyl (C=O) groups excluding carboxylic acids is 1. The molecule has 0 aliphatic heterocycles. The fourth-order valence-corrected chi connectivity index (χ4v) is 4.22. The van der Waals surface area contributed by atoms with Crippen LogP contribution in [-0.4, -0.2) is 16.5 Å². The molecule has 2 aromatic carbocycles. The summed E-state index contributed by atoms with van der Waals surface area (Å²) < 4.78 is 0.863. The normalized spacial score (nSPS) is 10.7. The number of nitrogens with zero attached hydrogens (tertiary/aromatic N) is 1. The van der Waals surface area contributed by atoms with Gasteiger partial charge in [0.05, 0.1) is 16.5 Å². The van der Waals surface area contributed by atoms with Gasteiger partial charge in [0.15, 0.2) is 10.1 Å². The van der Waals surface area contributed by atoms with Crippen LogP contribution in [0.1, 0.15) is 10.4 Å². The SMILES string of the molecule is O=C(CSc1nc(-c2ccccc2)cs1)c1ccc(Cl)cc1Cl. The summed E-state index contributed by atoms with van der Waals surface area (Å²) in [4.78, 5) is 16.8. The van der Waals surface area contributed by atoms with Crippen molar-refractivity contribution in [1.82, 2.24) is 4.98 Å². The Labute approximate surface area is 152 Å². The number of hydrogen-bond donors (Lipinski definition) is 0. The van der Waals surface area contributed by atoms with Crippen molar-refractivity contribution in [3.63, 3.8) is 0 Å². The van der Waals surface area contributed by atoms with E-state index in [9.17, 15) is 4.79 Å². The van der Waals surface area contributed by atoms with Crippen LogP contribution in [0.4, 0.5) is 0 Å². The van der Waals surface area contributed by atoms with Gasteiger partial charge in [-0.1, -0.05) is 65.3 Å². The van der Waals surface area contributed by atoms with Crippen LogP contribution in [0.5, 0.6) is 0 Å². The highest BCUT2D eigenvalue weighted by Crippen LogP contribution is 2.29. The fraction of sp³-hybridized carbons (Fsp3) is 0.0588. The lowest BCUT2D eigenvalue weighted by Crippen LogP contribution is -2.03. The van der Waals surface area contributed by atoms with Gasteiger partial charge in [0.25, 0.3) is 0 Å². The van der Waals surface area contributed by atoms with Gasteiger partial charge >= 0.3 is 0 Å². The van der Waals surface area contributed by atoms with Gasteiger partial charge in [-0.15, -0.1) is 11.3 Å². The highest BCUT2D eigenvalue weighted by molar-refractivity contribution is 8.01. The van der Waals surface area contributed by atoms with Gasteiger partial charge in [0.1, 0.15) is 0 Å². The molecule has 0 saturated heterocycles. The van der Waals surface area contributed by atoms with E-state index in [-0.39, 0.29) is 5.78 Å². The average molecular weight is 380 g/mol. The first kappa shape index (κ1) is 16.5. The third kappa shape index (κ3) is 4.15. The molecule has 0 atom stereocenters. The van der Waals surface area contributed by atoms with Crippen molar-refractivity contribution in [2.45, 2.75) is 4.34 Å². The maximum absolute atomic E-state index is 12.3. The summed E-state index contributed by atoms with van der Waals surface area (Å²) in [5, 5.41) is 2.90. The van der Waals surface area contributed by atoms with Crippen molar-refractivity contribution in [2.24, 2.45) is 0 Å². The van der Waals surface area contributed by atoms with E-state index in [1.54, 1.807) is 18.2 Å². The van der Waals surface area contributed by atoms with Crippen LogP contribution in [0.3, 0.4) is 0 Å². The minimum atomic E-state index is -0.0341. The van der Waals surface area contributed by atoms with E-state index in [0.29, 0.717) is 21.4 Å². The lowest BCUT2D eigenvalue weighted by atomic mass is 10.1. The van der Waals surface area contributed by atoms with Gasteiger partial charge in [-0.2, -0.15) is 0 Å². The van der Waals surface area contributed by atoms with Crippen LogP contribution in [0, 0.1) is 0 Å². The Balaban J connectivity index is 1.67. The molecule has 3 rings (SSSR count). The van der Waals surface area contributed by atoms with E-state index < -0.39 is 0 Å². The number of ketones is 1. The molecule has 6 heteroatoms. The van der Waals surface area contributed by atoms with Gasteiger partial charge in [-0.25, -0.2) is 4.98 Å². The summed E-state index contributed by atoms with van der Waals surface area (Å²) >= 11 is 14.9. The van der Waals surface area contributed by atoms with E-state index >= 15 is 0 Å². The quantitative estimate of drug-likeness (QED) is 0.396. The van der Waals surface area contributed by atoms with Gasteiger partial charge < -0.3 is 0 Å². The van der Waals surface area contributed by atoms with Gasteiger partial charge in [0.2, 0.25) is 0 Å². The molecular formula is C17H11Cl2NOS2. The van der Waals surface area contributed by atoms with Gasteiger partial charge in [0, 0.05) is 21.5 Å². The summed E-state index contributed by atoms with van der Waals surface area (Å²) in [7, 11) is 0. The van der Waals surface area contributed by atoms with Crippen LogP contribution < -0.4 is 0 Å². The molecule has 0 unspecified atom stereocenters. The molecule has 3 aromatic rings. The summed E-state index contributed by atoms with van der Waals surface area (Å²) in [6, 6.07) is 14.9. The van der Waals surface area contributed by atoms with Crippen molar-refractivity contribution in [1.29, 1.82) is 0 Å². The predicted octanol–water partition coefficient (Wildman–Crippen LogP) is 6.09. The van der Waals surface area contributed by atoms with Crippen molar-refractivity contribution in [2.75, 3.05) is 5.75 Å². The first-order valence-electron chi connectivity index (χ1n) is 6.75. The van der Waals surface area contributed by atoms with E-state index in [1.807, 2.05) is 35.7 Å². The molecule has 1 heterocycles. The molecule has 0 aliphatic rings. The monoisotopic (exact) mass is 379 g/mol. The fourth-order valence-electron chi connectivity index (χ4n) is 1.99. The molecule has 0 N–H and O–H groups in total. The number of aromatic nitrogens is 1. The topological polar surface area (TPSA) is 30.0 Å². The van der Waals surface area contributed by atoms with Crippen molar-refractivity contribution < 1.29 is 4.79 Å². The van der Waals surface area contributed by atoms with Crippen molar-refractivity contribution in [3.8, 4) is 11.3 Å². The zero-order valence-corrected chi connectivity index (χ0v) is 15.0. The molecule has 0 fully saturated rings. The Hall–Kier alpha value is -1.33. The maximum atomic E-state index is 12.3. The number of halogens is 2. The molecule has 116 valence electrons. The largest absolute Gasteiger partial charge is 0.293 e. The predicted molar refractivity (Wildman–Crippen MR) is 99.1 cm³/mol. The van der Waals surface area contributed by atoms with Crippen molar-refractivity contribution in [3.05, 3.63) is 69.5 Å². The van der Waals surface area contributed by atoms with Crippen molar-refractivity contribution >= 4 is 52.1 Å². The summed E-state index contributed by atoms with van der Waals surface area (Å²) in [6.45, 7) is 0. The second kappa shape index (κ2) is 7.49. The molecule has 1 aromatic heterocycles. The van der Waals surface area contributed by atoms with E-state index in [4.69, 9.17) is 23.2 Å². The Bertz CT molecular complexity index is 834.